The summed E-state index contributed by atoms with van der Waals surface area (Å²) < 4.78 is 18.4. The zero-order valence-corrected chi connectivity index (χ0v) is 12.9. The third-order valence-corrected chi connectivity index (χ3v) is 3.40. The Labute approximate surface area is 124 Å². The molecule has 0 saturated carbocycles. The lowest BCUT2D eigenvalue weighted by Gasteiger charge is -2.24. The molecule has 0 heterocycles. The molecule has 0 aliphatic carbocycles. The molecule has 0 unspecified atom stereocenters. The smallest absolute Gasteiger partial charge is 0.251 e. The summed E-state index contributed by atoms with van der Waals surface area (Å²) in [6.45, 7) is 4.65. The average Bonchev–Trinajstić information content (AvgIpc) is 2.42. The first-order chi connectivity index (χ1) is 9.39. The second-order valence-electron chi connectivity index (χ2n) is 5.49. The quantitative estimate of drug-likeness (QED) is 0.781. The maximum atomic E-state index is 13.5. The molecule has 0 fully saturated rings. The SMILES string of the molecule is COc1ccc(C(=O)NCC(C)(C)CCCCl)cc1F. The molecule has 0 aromatic heterocycles. The Kier molecular flexibility index (Phi) is 6.27. The standard InChI is InChI=1S/C15H21ClFNO2/c1-15(2,7-4-8-16)10-18-14(19)11-5-6-13(20-3)12(17)9-11/h5-6,9H,4,7-8,10H2,1-3H3,(H,18,19). The number of hydrogen-bond donors (Lipinski definition) is 1. The highest BCUT2D eigenvalue weighted by Gasteiger charge is 2.19. The van der Waals surface area contributed by atoms with Crippen LogP contribution < -0.4 is 10.1 Å². The van der Waals surface area contributed by atoms with E-state index in [1.165, 1.54) is 19.2 Å². The van der Waals surface area contributed by atoms with Gasteiger partial charge in [-0.15, -0.1) is 11.6 Å². The summed E-state index contributed by atoms with van der Waals surface area (Å²) in [5.74, 6) is -0.0859. The van der Waals surface area contributed by atoms with E-state index in [1.807, 2.05) is 0 Å². The highest BCUT2D eigenvalue weighted by Crippen LogP contribution is 2.22. The second kappa shape index (κ2) is 7.48. The fourth-order valence-corrected chi connectivity index (χ4v) is 2.00. The van der Waals surface area contributed by atoms with Gasteiger partial charge < -0.3 is 10.1 Å². The number of nitrogens with one attached hydrogen (secondary N) is 1. The van der Waals surface area contributed by atoms with E-state index in [2.05, 4.69) is 19.2 Å². The van der Waals surface area contributed by atoms with Gasteiger partial charge in [0.15, 0.2) is 11.6 Å². The lowest BCUT2D eigenvalue weighted by molar-refractivity contribution is 0.0934. The van der Waals surface area contributed by atoms with Crippen molar-refractivity contribution in [1.82, 2.24) is 5.32 Å². The van der Waals surface area contributed by atoms with Crippen LogP contribution in [-0.4, -0.2) is 25.4 Å². The Hall–Kier alpha value is -1.29. The number of hydrogen-bond acceptors (Lipinski definition) is 2. The number of alkyl halides is 1. The van der Waals surface area contributed by atoms with E-state index in [4.69, 9.17) is 16.3 Å². The summed E-state index contributed by atoms with van der Waals surface area (Å²) in [6, 6.07) is 4.17. The molecule has 0 saturated heterocycles. The predicted octanol–water partition coefficient (Wildman–Crippen LogP) is 3.61. The lowest BCUT2D eigenvalue weighted by Crippen LogP contribution is -2.34. The van der Waals surface area contributed by atoms with Crippen LogP contribution in [0.1, 0.15) is 37.0 Å². The van der Waals surface area contributed by atoms with Crippen LogP contribution in [0, 0.1) is 11.2 Å². The van der Waals surface area contributed by atoms with E-state index < -0.39 is 5.82 Å². The molecule has 20 heavy (non-hydrogen) atoms. The van der Waals surface area contributed by atoms with Crippen molar-refractivity contribution in [1.29, 1.82) is 0 Å². The zero-order valence-electron chi connectivity index (χ0n) is 12.1. The highest BCUT2D eigenvalue weighted by atomic mass is 35.5. The number of rotatable bonds is 7. The predicted molar refractivity (Wildman–Crippen MR) is 79.0 cm³/mol. The number of ether oxygens (including phenoxy) is 1. The van der Waals surface area contributed by atoms with Crippen molar-refractivity contribution in [3.63, 3.8) is 0 Å². The first kappa shape index (κ1) is 16.8. The molecule has 112 valence electrons. The second-order valence-corrected chi connectivity index (χ2v) is 5.87. The van der Waals surface area contributed by atoms with Crippen LogP contribution >= 0.6 is 11.6 Å². The monoisotopic (exact) mass is 301 g/mol. The van der Waals surface area contributed by atoms with Crippen LogP contribution in [-0.2, 0) is 0 Å². The highest BCUT2D eigenvalue weighted by molar-refractivity contribution is 6.17. The van der Waals surface area contributed by atoms with E-state index in [-0.39, 0.29) is 22.6 Å². The van der Waals surface area contributed by atoms with Crippen LogP contribution in [0.25, 0.3) is 0 Å². The van der Waals surface area contributed by atoms with Gasteiger partial charge in [0.05, 0.1) is 7.11 Å². The number of carbonyl (C=O) groups is 1. The minimum Gasteiger partial charge on any atom is -0.494 e. The van der Waals surface area contributed by atoms with Crippen molar-refractivity contribution in [2.24, 2.45) is 5.41 Å². The Morgan fingerprint density at radius 1 is 1.45 bits per heavy atom. The van der Waals surface area contributed by atoms with Gasteiger partial charge in [-0.2, -0.15) is 0 Å². The molecule has 1 amide bonds. The van der Waals surface area contributed by atoms with Crippen LogP contribution in [0.2, 0.25) is 0 Å². The Morgan fingerprint density at radius 2 is 2.15 bits per heavy atom. The van der Waals surface area contributed by atoms with E-state index in [1.54, 1.807) is 6.07 Å². The van der Waals surface area contributed by atoms with E-state index in [0.717, 1.165) is 12.8 Å². The van der Waals surface area contributed by atoms with E-state index in [0.29, 0.717) is 12.4 Å². The van der Waals surface area contributed by atoms with Gasteiger partial charge in [0.2, 0.25) is 0 Å². The van der Waals surface area contributed by atoms with Crippen molar-refractivity contribution in [3.8, 4) is 5.75 Å². The molecule has 1 rings (SSSR count). The minimum absolute atomic E-state index is 0.0322. The van der Waals surface area contributed by atoms with Crippen LogP contribution in [0.5, 0.6) is 5.75 Å². The molecule has 1 aromatic carbocycles. The van der Waals surface area contributed by atoms with Gasteiger partial charge in [-0.3, -0.25) is 4.79 Å². The number of carbonyl (C=O) groups excluding carboxylic acids is 1. The minimum atomic E-state index is -0.540. The fraction of sp³-hybridized carbons (Fsp3) is 0.533. The van der Waals surface area contributed by atoms with E-state index in [9.17, 15) is 9.18 Å². The Morgan fingerprint density at radius 3 is 2.70 bits per heavy atom. The van der Waals surface area contributed by atoms with E-state index >= 15 is 0 Å². The molecular weight excluding hydrogens is 281 g/mol. The zero-order chi connectivity index (χ0) is 15.2. The molecule has 0 aliphatic heterocycles. The van der Waals surface area contributed by atoms with Crippen LogP contribution in [0.3, 0.4) is 0 Å². The van der Waals surface area contributed by atoms with Gasteiger partial charge in [-0.1, -0.05) is 13.8 Å². The Bertz CT molecular complexity index is 463. The normalized spacial score (nSPS) is 11.2. The van der Waals surface area contributed by atoms with Gasteiger partial charge in [0.1, 0.15) is 0 Å². The number of benzene rings is 1. The number of amides is 1. The van der Waals surface area contributed by atoms with Crippen molar-refractivity contribution in [2.75, 3.05) is 19.5 Å². The summed E-state index contributed by atoms with van der Waals surface area (Å²) in [5.41, 5.74) is 0.256. The van der Waals surface area contributed by atoms with Crippen LogP contribution in [0.4, 0.5) is 4.39 Å². The van der Waals surface area contributed by atoms with Crippen molar-refractivity contribution in [2.45, 2.75) is 26.7 Å². The van der Waals surface area contributed by atoms with Crippen molar-refractivity contribution >= 4 is 17.5 Å². The van der Waals surface area contributed by atoms with Crippen LogP contribution in [0.15, 0.2) is 18.2 Å². The topological polar surface area (TPSA) is 38.3 Å². The van der Waals surface area contributed by atoms with Gasteiger partial charge in [0, 0.05) is 18.0 Å². The molecule has 0 aliphatic rings. The number of methoxy groups -OCH3 is 1. The molecular formula is C15H21ClFNO2. The molecule has 0 bridgehead atoms. The lowest BCUT2D eigenvalue weighted by atomic mass is 9.88. The summed E-state index contributed by atoms with van der Waals surface area (Å²) in [5, 5.41) is 2.82. The third-order valence-electron chi connectivity index (χ3n) is 3.13. The summed E-state index contributed by atoms with van der Waals surface area (Å²) >= 11 is 5.67. The molecule has 1 aromatic rings. The first-order valence-corrected chi connectivity index (χ1v) is 7.11. The summed E-state index contributed by atoms with van der Waals surface area (Å²) in [6.07, 6.45) is 1.83. The first-order valence-electron chi connectivity index (χ1n) is 6.57. The molecule has 0 atom stereocenters. The van der Waals surface area contributed by atoms with Crippen molar-refractivity contribution in [3.05, 3.63) is 29.6 Å². The average molecular weight is 302 g/mol. The molecule has 0 radical (unpaired) electrons. The summed E-state index contributed by atoms with van der Waals surface area (Å²) in [4.78, 5) is 12.0. The maximum Gasteiger partial charge on any atom is 0.251 e. The summed E-state index contributed by atoms with van der Waals surface area (Å²) in [7, 11) is 1.39. The van der Waals surface area contributed by atoms with Gasteiger partial charge in [-0.25, -0.2) is 4.39 Å². The van der Waals surface area contributed by atoms with Gasteiger partial charge >= 0.3 is 0 Å². The largest absolute Gasteiger partial charge is 0.494 e. The molecule has 0 spiro atoms. The number of halogens is 2. The molecule has 1 N–H and O–H groups in total. The van der Waals surface area contributed by atoms with Crippen molar-refractivity contribution < 1.29 is 13.9 Å². The van der Waals surface area contributed by atoms with Gasteiger partial charge in [-0.05, 0) is 36.5 Å². The third kappa shape index (κ3) is 5.00. The molecule has 3 nitrogen and oxygen atoms in total. The Balaban J connectivity index is 2.61. The molecule has 5 heteroatoms. The fourth-order valence-electron chi connectivity index (χ4n) is 1.86. The maximum absolute atomic E-state index is 13.5. The van der Waals surface area contributed by atoms with Gasteiger partial charge in [0.25, 0.3) is 5.91 Å².